The first-order valence-electron chi connectivity index (χ1n) is 5.49. The van der Waals surface area contributed by atoms with Gasteiger partial charge in [0.1, 0.15) is 0 Å². The van der Waals surface area contributed by atoms with Crippen molar-refractivity contribution in [3.63, 3.8) is 0 Å². The van der Waals surface area contributed by atoms with Crippen LogP contribution in [0.1, 0.15) is 17.9 Å². The van der Waals surface area contributed by atoms with E-state index in [9.17, 15) is 4.39 Å². The second kappa shape index (κ2) is 5.23. The van der Waals surface area contributed by atoms with Crippen LogP contribution in [0.4, 0.5) is 4.39 Å². The lowest BCUT2D eigenvalue weighted by atomic mass is 9.97. The Bertz CT molecular complexity index is 419. The normalized spacial score (nSPS) is 19.4. The van der Waals surface area contributed by atoms with Crippen LogP contribution in [-0.4, -0.2) is 27.3 Å². The van der Waals surface area contributed by atoms with Gasteiger partial charge in [0.2, 0.25) is 5.82 Å². The highest BCUT2D eigenvalue weighted by atomic mass is 79.9. The molecule has 1 aromatic rings. The topological polar surface area (TPSA) is 30.5 Å². The van der Waals surface area contributed by atoms with Crippen molar-refractivity contribution >= 4 is 15.9 Å². The first-order chi connectivity index (χ1) is 8.19. The molecule has 1 aliphatic rings. The Hall–Kier alpha value is -0.810. The Morgan fingerprint density at radius 2 is 2.06 bits per heavy atom. The third-order valence-corrected chi connectivity index (χ3v) is 3.66. The first-order valence-corrected chi connectivity index (χ1v) is 6.29. The van der Waals surface area contributed by atoms with Crippen LogP contribution in [0, 0.1) is 5.82 Å². The molecule has 1 N–H and O–H groups in total. The van der Waals surface area contributed by atoms with E-state index in [1.54, 1.807) is 0 Å². The van der Waals surface area contributed by atoms with Crippen molar-refractivity contribution in [3.8, 4) is 11.5 Å². The lowest BCUT2D eigenvalue weighted by Gasteiger charge is -2.17. The quantitative estimate of drug-likeness (QED) is 0.931. The van der Waals surface area contributed by atoms with Crippen LogP contribution < -0.4 is 14.8 Å². The second-order valence-corrected chi connectivity index (χ2v) is 4.87. The van der Waals surface area contributed by atoms with Crippen LogP contribution >= 0.6 is 15.9 Å². The molecule has 1 heterocycles. The average molecular weight is 304 g/mol. The van der Waals surface area contributed by atoms with Gasteiger partial charge >= 0.3 is 0 Å². The van der Waals surface area contributed by atoms with E-state index >= 15 is 0 Å². The summed E-state index contributed by atoms with van der Waals surface area (Å²) in [5, 5.41) is 3.27. The fourth-order valence-electron chi connectivity index (χ4n) is 2.22. The summed E-state index contributed by atoms with van der Waals surface area (Å²) in [6.45, 7) is 1.81. The van der Waals surface area contributed by atoms with Crippen molar-refractivity contribution in [2.45, 2.75) is 12.3 Å². The molecule has 0 aliphatic carbocycles. The molecule has 5 heteroatoms. The molecule has 0 aromatic heterocycles. The van der Waals surface area contributed by atoms with E-state index < -0.39 is 5.82 Å². The summed E-state index contributed by atoms with van der Waals surface area (Å²) in [5.74, 6) is 0.336. The minimum absolute atomic E-state index is 0.191. The van der Waals surface area contributed by atoms with Gasteiger partial charge in [-0.15, -0.1) is 0 Å². The van der Waals surface area contributed by atoms with E-state index in [0.717, 1.165) is 25.1 Å². The third-order valence-electron chi connectivity index (χ3n) is 3.07. The van der Waals surface area contributed by atoms with E-state index in [0.29, 0.717) is 16.1 Å². The Morgan fingerprint density at radius 1 is 1.35 bits per heavy atom. The van der Waals surface area contributed by atoms with Gasteiger partial charge in [-0.2, -0.15) is 4.39 Å². The summed E-state index contributed by atoms with van der Waals surface area (Å²) in [6, 6.07) is 1.89. The van der Waals surface area contributed by atoms with Gasteiger partial charge in [0.05, 0.1) is 18.7 Å². The Labute approximate surface area is 108 Å². The van der Waals surface area contributed by atoms with Gasteiger partial charge in [-0.05, 0) is 35.0 Å². The molecule has 1 aliphatic heterocycles. The maximum atomic E-state index is 14.1. The lowest BCUT2D eigenvalue weighted by molar-refractivity contribution is 0.344. The minimum Gasteiger partial charge on any atom is -0.493 e. The summed E-state index contributed by atoms with van der Waals surface area (Å²) in [4.78, 5) is 0. The van der Waals surface area contributed by atoms with Crippen LogP contribution in [-0.2, 0) is 0 Å². The Morgan fingerprint density at radius 3 is 2.59 bits per heavy atom. The Balaban J connectivity index is 2.51. The molecule has 0 amide bonds. The molecule has 94 valence electrons. The summed E-state index contributed by atoms with van der Waals surface area (Å²) >= 11 is 3.33. The van der Waals surface area contributed by atoms with Gasteiger partial charge in [0.25, 0.3) is 0 Å². The predicted molar refractivity (Wildman–Crippen MR) is 67.4 cm³/mol. The number of hydrogen-bond donors (Lipinski definition) is 1. The molecule has 3 nitrogen and oxygen atoms in total. The molecule has 2 rings (SSSR count). The average Bonchev–Trinajstić information content (AvgIpc) is 2.82. The highest BCUT2D eigenvalue weighted by molar-refractivity contribution is 9.10. The van der Waals surface area contributed by atoms with Gasteiger partial charge in [-0.1, -0.05) is 0 Å². The summed E-state index contributed by atoms with van der Waals surface area (Å²) in [5.41, 5.74) is 0.891. The van der Waals surface area contributed by atoms with Gasteiger partial charge in [0, 0.05) is 18.0 Å². The third kappa shape index (κ3) is 2.26. The second-order valence-electron chi connectivity index (χ2n) is 4.02. The van der Waals surface area contributed by atoms with Crippen molar-refractivity contribution in [2.24, 2.45) is 0 Å². The maximum absolute atomic E-state index is 14.1. The van der Waals surface area contributed by atoms with Crippen LogP contribution in [0.5, 0.6) is 11.5 Å². The fraction of sp³-hybridized carbons (Fsp3) is 0.500. The Kier molecular flexibility index (Phi) is 3.89. The van der Waals surface area contributed by atoms with Gasteiger partial charge in [-0.3, -0.25) is 0 Å². The van der Waals surface area contributed by atoms with Crippen molar-refractivity contribution in [1.82, 2.24) is 5.32 Å². The number of ether oxygens (including phenoxy) is 2. The summed E-state index contributed by atoms with van der Waals surface area (Å²) < 4.78 is 25.0. The molecule has 1 fully saturated rings. The SMILES string of the molecule is COc1c(Br)cc(C2CCNC2)c(OC)c1F. The van der Waals surface area contributed by atoms with Crippen molar-refractivity contribution < 1.29 is 13.9 Å². The molecule has 0 spiro atoms. The fourth-order valence-corrected chi connectivity index (χ4v) is 2.80. The standard InChI is InChI=1S/C12H15BrFNO2/c1-16-11-8(7-3-4-15-6-7)5-9(13)12(17-2)10(11)14/h5,7,15H,3-4,6H2,1-2H3. The van der Waals surface area contributed by atoms with Crippen molar-refractivity contribution in [3.05, 3.63) is 21.9 Å². The molecular formula is C12H15BrFNO2. The van der Waals surface area contributed by atoms with Crippen LogP contribution in [0.15, 0.2) is 10.5 Å². The zero-order chi connectivity index (χ0) is 12.4. The van der Waals surface area contributed by atoms with Crippen LogP contribution in [0.2, 0.25) is 0 Å². The van der Waals surface area contributed by atoms with Crippen LogP contribution in [0.3, 0.4) is 0 Å². The monoisotopic (exact) mass is 303 g/mol. The highest BCUT2D eigenvalue weighted by Crippen LogP contribution is 2.41. The van der Waals surface area contributed by atoms with Gasteiger partial charge in [0.15, 0.2) is 11.5 Å². The molecule has 0 bridgehead atoms. The zero-order valence-electron chi connectivity index (χ0n) is 9.85. The smallest absolute Gasteiger partial charge is 0.208 e. The predicted octanol–water partition coefficient (Wildman–Crippen LogP) is 2.68. The molecule has 1 saturated heterocycles. The lowest BCUT2D eigenvalue weighted by Crippen LogP contribution is -2.09. The molecular weight excluding hydrogens is 289 g/mol. The number of hydrogen-bond acceptors (Lipinski definition) is 3. The highest BCUT2D eigenvalue weighted by Gasteiger charge is 2.26. The minimum atomic E-state index is -0.439. The maximum Gasteiger partial charge on any atom is 0.208 e. The molecule has 0 radical (unpaired) electrons. The van der Waals surface area contributed by atoms with Gasteiger partial charge in [-0.25, -0.2) is 0 Å². The van der Waals surface area contributed by atoms with E-state index in [1.807, 2.05) is 6.07 Å². The number of halogens is 2. The zero-order valence-corrected chi connectivity index (χ0v) is 11.4. The molecule has 0 saturated carbocycles. The number of benzene rings is 1. The number of methoxy groups -OCH3 is 2. The number of rotatable bonds is 3. The molecule has 1 aromatic carbocycles. The summed E-state index contributed by atoms with van der Waals surface area (Å²) in [7, 11) is 2.93. The van der Waals surface area contributed by atoms with E-state index in [4.69, 9.17) is 9.47 Å². The summed E-state index contributed by atoms with van der Waals surface area (Å²) in [6.07, 6.45) is 0.995. The van der Waals surface area contributed by atoms with Crippen molar-refractivity contribution in [2.75, 3.05) is 27.3 Å². The molecule has 17 heavy (non-hydrogen) atoms. The first kappa shape index (κ1) is 12.6. The van der Waals surface area contributed by atoms with Gasteiger partial charge < -0.3 is 14.8 Å². The van der Waals surface area contributed by atoms with E-state index in [1.165, 1.54) is 14.2 Å². The largest absolute Gasteiger partial charge is 0.493 e. The molecule has 1 unspecified atom stereocenters. The molecule has 1 atom stereocenters. The van der Waals surface area contributed by atoms with Crippen LogP contribution in [0.25, 0.3) is 0 Å². The van der Waals surface area contributed by atoms with Crippen molar-refractivity contribution in [1.29, 1.82) is 0 Å². The number of nitrogens with one attached hydrogen (secondary N) is 1. The van der Waals surface area contributed by atoms with E-state index in [2.05, 4.69) is 21.2 Å². The van der Waals surface area contributed by atoms with E-state index in [-0.39, 0.29) is 5.75 Å².